The zero-order valence-electron chi connectivity index (χ0n) is 20.9. The number of carbonyl (C=O) groups is 2. The SMILES string of the molecule is O=C(O)c1ccc(N2[C@@H]3CC[C@H]2CC(OC(=O)c2c(-c4c(Cl)cccc4Cl)noc2C2CC2)C3)cc1C(F)(F)F. The Labute approximate surface area is 236 Å². The highest BCUT2D eigenvalue weighted by Gasteiger charge is 2.45. The Morgan fingerprint density at radius 3 is 2.25 bits per heavy atom. The van der Waals surface area contributed by atoms with E-state index in [1.807, 2.05) is 4.90 Å². The van der Waals surface area contributed by atoms with Crippen LogP contribution in [-0.2, 0) is 10.9 Å². The molecule has 0 amide bonds. The van der Waals surface area contributed by atoms with Crippen molar-refractivity contribution in [2.24, 2.45) is 0 Å². The number of halogens is 5. The molecule has 3 aliphatic rings. The summed E-state index contributed by atoms with van der Waals surface area (Å²) in [5, 5.41) is 14.0. The first-order valence-electron chi connectivity index (χ1n) is 12.9. The van der Waals surface area contributed by atoms with E-state index in [1.54, 1.807) is 18.2 Å². The Balaban J connectivity index is 1.25. The van der Waals surface area contributed by atoms with E-state index < -0.39 is 35.3 Å². The third kappa shape index (κ3) is 4.81. The topological polar surface area (TPSA) is 92.9 Å². The summed E-state index contributed by atoms with van der Waals surface area (Å²) in [6.45, 7) is 0. The third-order valence-electron chi connectivity index (χ3n) is 7.87. The van der Waals surface area contributed by atoms with E-state index in [4.69, 9.17) is 32.5 Å². The van der Waals surface area contributed by atoms with Gasteiger partial charge in [0.15, 0.2) is 5.76 Å². The summed E-state index contributed by atoms with van der Waals surface area (Å²) in [7, 11) is 0. The van der Waals surface area contributed by atoms with E-state index in [2.05, 4.69) is 5.16 Å². The predicted octanol–water partition coefficient (Wildman–Crippen LogP) is 7.60. The second-order valence-corrected chi connectivity index (χ2v) is 11.3. The summed E-state index contributed by atoms with van der Waals surface area (Å²) in [6.07, 6.45) is -1.33. The molecule has 1 aliphatic carbocycles. The molecule has 1 N–H and O–H groups in total. The number of hydrogen-bond acceptors (Lipinski definition) is 6. The number of hydrogen-bond donors (Lipinski definition) is 1. The fourth-order valence-electron chi connectivity index (χ4n) is 5.99. The minimum absolute atomic E-state index is 0.0553. The van der Waals surface area contributed by atoms with Crippen LogP contribution in [0.3, 0.4) is 0 Å². The normalized spacial score (nSPS) is 22.4. The van der Waals surface area contributed by atoms with Crippen LogP contribution < -0.4 is 4.90 Å². The number of carbonyl (C=O) groups excluding carboxylic acids is 1. The Morgan fingerprint density at radius 2 is 1.68 bits per heavy atom. The average molecular weight is 595 g/mol. The van der Waals surface area contributed by atoms with Gasteiger partial charge in [-0.15, -0.1) is 0 Å². The maximum absolute atomic E-state index is 13.6. The van der Waals surface area contributed by atoms with Crippen LogP contribution >= 0.6 is 23.2 Å². The second-order valence-electron chi connectivity index (χ2n) is 10.5. The molecule has 1 saturated carbocycles. The molecule has 0 radical (unpaired) electrons. The molecule has 210 valence electrons. The molecular formula is C28H23Cl2F3N2O5. The number of ether oxygens (including phenoxy) is 1. The molecule has 1 aromatic heterocycles. The maximum Gasteiger partial charge on any atom is 0.417 e. The van der Waals surface area contributed by atoms with Crippen LogP contribution in [0.4, 0.5) is 18.9 Å². The lowest BCUT2D eigenvalue weighted by Gasteiger charge is -2.40. The van der Waals surface area contributed by atoms with Gasteiger partial charge in [0.1, 0.15) is 17.4 Å². The molecule has 2 aliphatic heterocycles. The van der Waals surface area contributed by atoms with Crippen molar-refractivity contribution in [2.75, 3.05) is 4.90 Å². The number of fused-ring (bicyclic) bond motifs is 2. The van der Waals surface area contributed by atoms with Gasteiger partial charge in [0.25, 0.3) is 0 Å². The van der Waals surface area contributed by atoms with Crippen molar-refractivity contribution in [2.45, 2.75) is 68.8 Å². The van der Waals surface area contributed by atoms with Crippen molar-refractivity contribution in [1.82, 2.24) is 5.16 Å². The summed E-state index contributed by atoms with van der Waals surface area (Å²) in [6, 6.07) is 7.94. The van der Waals surface area contributed by atoms with Crippen LogP contribution in [0.15, 0.2) is 40.9 Å². The van der Waals surface area contributed by atoms with E-state index in [-0.39, 0.29) is 29.3 Å². The highest BCUT2D eigenvalue weighted by molar-refractivity contribution is 6.39. The minimum Gasteiger partial charge on any atom is -0.478 e. The smallest absolute Gasteiger partial charge is 0.417 e. The number of aromatic carboxylic acids is 1. The molecule has 1 unspecified atom stereocenters. The molecule has 3 aromatic rings. The second kappa shape index (κ2) is 9.99. The van der Waals surface area contributed by atoms with Crippen molar-refractivity contribution < 1.29 is 37.1 Å². The number of anilines is 1. The molecule has 6 rings (SSSR count). The summed E-state index contributed by atoms with van der Waals surface area (Å²) >= 11 is 12.8. The first kappa shape index (κ1) is 27.0. The molecule has 2 aromatic carbocycles. The van der Waals surface area contributed by atoms with Gasteiger partial charge >= 0.3 is 18.1 Å². The van der Waals surface area contributed by atoms with Crippen LogP contribution in [0, 0.1) is 0 Å². The van der Waals surface area contributed by atoms with Gasteiger partial charge in [-0.2, -0.15) is 13.2 Å². The van der Waals surface area contributed by atoms with Gasteiger partial charge in [-0.1, -0.05) is 34.4 Å². The molecule has 0 spiro atoms. The van der Waals surface area contributed by atoms with Crippen molar-refractivity contribution in [3.05, 3.63) is 68.9 Å². The molecule has 2 saturated heterocycles. The van der Waals surface area contributed by atoms with E-state index >= 15 is 0 Å². The number of piperidine rings is 1. The Kier molecular flexibility index (Phi) is 6.73. The molecule has 12 heteroatoms. The van der Waals surface area contributed by atoms with Gasteiger partial charge in [-0.05, 0) is 56.0 Å². The number of carboxylic acids is 1. The maximum atomic E-state index is 13.6. The molecule has 3 atom stereocenters. The Hall–Kier alpha value is -3.24. The van der Waals surface area contributed by atoms with E-state index in [1.165, 1.54) is 6.07 Å². The van der Waals surface area contributed by atoms with Crippen molar-refractivity contribution in [3.8, 4) is 11.3 Å². The van der Waals surface area contributed by atoms with Crippen molar-refractivity contribution >= 4 is 40.8 Å². The lowest BCUT2D eigenvalue weighted by atomic mass is 9.97. The van der Waals surface area contributed by atoms with Crippen LogP contribution in [0.1, 0.15) is 76.5 Å². The highest BCUT2D eigenvalue weighted by atomic mass is 35.5. The van der Waals surface area contributed by atoms with Gasteiger partial charge in [-0.25, -0.2) is 9.59 Å². The number of esters is 1. The number of nitrogens with zero attached hydrogens (tertiary/aromatic N) is 2. The standard InChI is InChI=1S/C28H23Cl2F3N2O5/c29-20-2-1-3-21(30)22(20)24-23(25(40-34-24)13-4-5-13)27(38)39-17-10-14-6-7-15(11-17)35(14)16-8-9-18(26(36)37)19(12-16)28(31,32)33/h1-3,8-9,12-15,17H,4-7,10-11H2,(H,36,37)/t14-,15+,17?. The van der Waals surface area contributed by atoms with E-state index in [9.17, 15) is 27.9 Å². The van der Waals surface area contributed by atoms with Crippen LogP contribution in [0.5, 0.6) is 0 Å². The zero-order chi connectivity index (χ0) is 28.3. The lowest BCUT2D eigenvalue weighted by molar-refractivity contribution is -0.138. The van der Waals surface area contributed by atoms with Gasteiger partial charge in [0.2, 0.25) is 0 Å². The molecule has 40 heavy (non-hydrogen) atoms. The number of rotatable bonds is 6. The Bertz CT molecular complexity index is 1470. The van der Waals surface area contributed by atoms with Crippen LogP contribution in [-0.4, -0.2) is 40.4 Å². The number of alkyl halides is 3. The highest BCUT2D eigenvalue weighted by Crippen LogP contribution is 2.47. The van der Waals surface area contributed by atoms with Gasteiger partial charge in [0.05, 0.1) is 21.2 Å². The largest absolute Gasteiger partial charge is 0.478 e. The van der Waals surface area contributed by atoms with Gasteiger partial charge < -0.3 is 19.3 Å². The van der Waals surface area contributed by atoms with Crippen molar-refractivity contribution in [1.29, 1.82) is 0 Å². The minimum atomic E-state index is -4.81. The van der Waals surface area contributed by atoms with E-state index in [0.29, 0.717) is 52.7 Å². The molecule has 7 nitrogen and oxygen atoms in total. The third-order valence-corrected chi connectivity index (χ3v) is 8.50. The van der Waals surface area contributed by atoms with E-state index in [0.717, 1.165) is 25.0 Å². The summed E-state index contributed by atoms with van der Waals surface area (Å²) < 4.78 is 52.5. The van der Waals surface area contributed by atoms with Gasteiger partial charge in [-0.3, -0.25) is 0 Å². The fourth-order valence-corrected chi connectivity index (χ4v) is 6.56. The summed E-state index contributed by atoms with van der Waals surface area (Å²) in [5.41, 5.74) is -0.861. The molecular weight excluding hydrogens is 572 g/mol. The monoisotopic (exact) mass is 594 g/mol. The van der Waals surface area contributed by atoms with Crippen molar-refractivity contribution in [3.63, 3.8) is 0 Å². The van der Waals surface area contributed by atoms with Crippen LogP contribution in [0.2, 0.25) is 10.0 Å². The number of aromatic nitrogens is 1. The molecule has 3 heterocycles. The first-order valence-corrected chi connectivity index (χ1v) is 13.7. The quantitative estimate of drug-likeness (QED) is 0.294. The number of benzene rings is 2. The lowest BCUT2D eigenvalue weighted by Crippen LogP contribution is -2.46. The zero-order valence-corrected chi connectivity index (χ0v) is 22.4. The molecule has 2 bridgehead atoms. The fraction of sp³-hybridized carbons (Fsp3) is 0.393. The Morgan fingerprint density at radius 1 is 1.02 bits per heavy atom. The van der Waals surface area contributed by atoms with Gasteiger partial charge in [0, 0.05) is 42.1 Å². The first-order chi connectivity index (χ1) is 19.0. The summed E-state index contributed by atoms with van der Waals surface area (Å²) in [5.74, 6) is -1.74. The summed E-state index contributed by atoms with van der Waals surface area (Å²) in [4.78, 5) is 26.9. The van der Waals surface area contributed by atoms with Crippen LogP contribution in [0.25, 0.3) is 11.3 Å². The molecule has 3 fully saturated rings. The predicted molar refractivity (Wildman–Crippen MR) is 140 cm³/mol. The number of carboxylic acid groups (broad SMARTS) is 1. The average Bonchev–Trinajstić information content (AvgIpc) is 3.58.